The zero-order chi connectivity index (χ0) is 23.7. The number of benzene rings is 2. The largest absolute Gasteiger partial charge is 0.333 e. The highest BCUT2D eigenvalue weighted by Gasteiger charge is 2.24. The molecule has 0 saturated heterocycles. The summed E-state index contributed by atoms with van der Waals surface area (Å²) in [4.78, 5) is 25.5. The summed E-state index contributed by atoms with van der Waals surface area (Å²) in [6, 6.07) is 16.8. The van der Waals surface area contributed by atoms with Crippen molar-refractivity contribution in [2.24, 2.45) is 0 Å². The number of amides is 1. The number of nitriles is 1. The van der Waals surface area contributed by atoms with E-state index >= 15 is 0 Å². The van der Waals surface area contributed by atoms with Crippen LogP contribution in [0.15, 0.2) is 54.1 Å². The van der Waals surface area contributed by atoms with Crippen molar-refractivity contribution in [3.05, 3.63) is 97.9 Å². The van der Waals surface area contributed by atoms with Crippen LogP contribution in [0, 0.1) is 42.2 Å². The monoisotopic (exact) mass is 440 g/mol. The van der Waals surface area contributed by atoms with Gasteiger partial charge < -0.3 is 9.47 Å². The van der Waals surface area contributed by atoms with Gasteiger partial charge in [-0.05, 0) is 67.7 Å². The molecule has 1 aliphatic heterocycles. The lowest BCUT2D eigenvalue weighted by Crippen LogP contribution is -2.36. The van der Waals surface area contributed by atoms with Gasteiger partial charge in [0, 0.05) is 42.3 Å². The van der Waals surface area contributed by atoms with Crippen molar-refractivity contribution in [3.8, 4) is 11.8 Å². The van der Waals surface area contributed by atoms with Crippen molar-refractivity contribution in [1.29, 1.82) is 5.26 Å². The predicted molar refractivity (Wildman–Crippen MR) is 126 cm³/mol. The van der Waals surface area contributed by atoms with E-state index in [1.165, 1.54) is 11.6 Å². The summed E-state index contributed by atoms with van der Waals surface area (Å²) in [7, 11) is 0. The standard InChI is InChI=1S/C26H24N4O3/c1-17-12-24(30(32)33)8-9-25(17)29-18(2)13-22(19(29)3)14-23(15-27)26(31)28-11-10-20-6-4-5-7-21(20)16-28/h4-9,12-14H,10-11,16H2,1-3H3/b23-14+. The third-order valence-electron chi connectivity index (χ3n) is 6.17. The lowest BCUT2D eigenvalue weighted by Gasteiger charge is -2.28. The molecule has 0 bridgehead atoms. The number of hydrogen-bond acceptors (Lipinski definition) is 4. The number of carbonyl (C=O) groups is 1. The van der Waals surface area contributed by atoms with Gasteiger partial charge in [-0.25, -0.2) is 0 Å². The molecule has 2 heterocycles. The number of nitro groups is 1. The number of aromatic nitrogens is 1. The molecule has 0 saturated carbocycles. The average molecular weight is 441 g/mol. The SMILES string of the molecule is Cc1cc([N+](=O)[O-])ccc1-n1c(C)cc(/C=C(\C#N)C(=O)N2CCc3ccccc3C2)c1C. The Labute approximate surface area is 192 Å². The molecule has 0 aliphatic carbocycles. The Kier molecular flexibility index (Phi) is 5.84. The highest BCUT2D eigenvalue weighted by atomic mass is 16.6. The molecular weight excluding hydrogens is 416 g/mol. The molecule has 166 valence electrons. The number of nitrogens with zero attached hydrogens (tertiary/aromatic N) is 4. The van der Waals surface area contributed by atoms with Crippen LogP contribution in [0.25, 0.3) is 11.8 Å². The molecule has 0 unspecified atom stereocenters. The Bertz CT molecular complexity index is 1340. The Hall–Kier alpha value is -4.18. The molecule has 4 rings (SSSR count). The zero-order valence-electron chi connectivity index (χ0n) is 18.8. The number of aryl methyl sites for hydroxylation is 2. The summed E-state index contributed by atoms with van der Waals surface area (Å²) < 4.78 is 1.99. The van der Waals surface area contributed by atoms with Gasteiger partial charge in [0.25, 0.3) is 11.6 Å². The maximum absolute atomic E-state index is 13.1. The summed E-state index contributed by atoms with van der Waals surface area (Å²) in [5, 5.41) is 20.8. The molecule has 7 heteroatoms. The van der Waals surface area contributed by atoms with E-state index in [0.29, 0.717) is 13.1 Å². The second-order valence-corrected chi connectivity index (χ2v) is 8.31. The molecular formula is C26H24N4O3. The molecule has 33 heavy (non-hydrogen) atoms. The first-order chi connectivity index (χ1) is 15.8. The topological polar surface area (TPSA) is 92.2 Å². The average Bonchev–Trinajstić information content (AvgIpc) is 3.09. The van der Waals surface area contributed by atoms with Gasteiger partial charge in [-0.1, -0.05) is 24.3 Å². The normalized spacial score (nSPS) is 13.4. The van der Waals surface area contributed by atoms with Crippen molar-refractivity contribution in [1.82, 2.24) is 9.47 Å². The fourth-order valence-electron chi connectivity index (χ4n) is 4.45. The van der Waals surface area contributed by atoms with Crippen LogP contribution in [0.5, 0.6) is 0 Å². The number of hydrogen-bond donors (Lipinski definition) is 0. The van der Waals surface area contributed by atoms with Gasteiger partial charge in [-0.2, -0.15) is 5.26 Å². The van der Waals surface area contributed by atoms with Crippen molar-refractivity contribution >= 4 is 17.7 Å². The Morgan fingerprint density at radius 2 is 1.85 bits per heavy atom. The lowest BCUT2D eigenvalue weighted by atomic mass is 9.99. The van der Waals surface area contributed by atoms with Crippen LogP contribution in [-0.2, 0) is 17.8 Å². The maximum Gasteiger partial charge on any atom is 0.269 e. The molecule has 7 nitrogen and oxygen atoms in total. The van der Waals surface area contributed by atoms with Crippen LogP contribution >= 0.6 is 0 Å². The van der Waals surface area contributed by atoms with E-state index in [-0.39, 0.29) is 17.2 Å². The van der Waals surface area contributed by atoms with Gasteiger partial charge in [0.1, 0.15) is 11.6 Å². The Morgan fingerprint density at radius 1 is 1.12 bits per heavy atom. The first-order valence-electron chi connectivity index (χ1n) is 10.7. The van der Waals surface area contributed by atoms with E-state index in [1.807, 2.05) is 49.6 Å². The molecule has 0 radical (unpaired) electrons. The highest BCUT2D eigenvalue weighted by Crippen LogP contribution is 2.28. The Balaban J connectivity index is 1.66. The summed E-state index contributed by atoms with van der Waals surface area (Å²) in [6.07, 6.45) is 2.41. The molecule has 3 aromatic rings. The first kappa shape index (κ1) is 22.0. The third kappa shape index (κ3) is 4.15. The smallest absolute Gasteiger partial charge is 0.269 e. The minimum Gasteiger partial charge on any atom is -0.333 e. The summed E-state index contributed by atoms with van der Waals surface area (Å²) in [5.74, 6) is -0.275. The molecule has 1 amide bonds. The number of rotatable bonds is 4. The van der Waals surface area contributed by atoms with Gasteiger partial charge in [0.15, 0.2) is 0 Å². The van der Waals surface area contributed by atoms with Crippen molar-refractivity contribution < 1.29 is 9.72 Å². The fourth-order valence-corrected chi connectivity index (χ4v) is 4.45. The molecule has 1 aromatic heterocycles. The van der Waals surface area contributed by atoms with E-state index in [1.54, 1.807) is 23.1 Å². The summed E-state index contributed by atoms with van der Waals surface area (Å²) in [5.41, 5.74) is 6.62. The van der Waals surface area contributed by atoms with Crippen LogP contribution in [0.4, 0.5) is 5.69 Å². The molecule has 0 fully saturated rings. The van der Waals surface area contributed by atoms with Gasteiger partial charge in [-0.15, -0.1) is 0 Å². The third-order valence-corrected chi connectivity index (χ3v) is 6.17. The van der Waals surface area contributed by atoms with Crippen LogP contribution < -0.4 is 0 Å². The number of fused-ring (bicyclic) bond motifs is 1. The van der Waals surface area contributed by atoms with E-state index < -0.39 is 4.92 Å². The number of carbonyl (C=O) groups excluding carboxylic acids is 1. The van der Waals surface area contributed by atoms with Crippen LogP contribution in [0.2, 0.25) is 0 Å². The van der Waals surface area contributed by atoms with E-state index in [2.05, 4.69) is 12.1 Å². The molecule has 0 atom stereocenters. The lowest BCUT2D eigenvalue weighted by molar-refractivity contribution is -0.384. The quantitative estimate of drug-likeness (QED) is 0.252. The van der Waals surface area contributed by atoms with Gasteiger partial charge in [-0.3, -0.25) is 14.9 Å². The van der Waals surface area contributed by atoms with Gasteiger partial charge in [0.05, 0.1) is 4.92 Å². The van der Waals surface area contributed by atoms with E-state index in [4.69, 9.17) is 0 Å². The summed E-state index contributed by atoms with van der Waals surface area (Å²) >= 11 is 0. The fraction of sp³-hybridized carbons (Fsp3) is 0.231. The minimum absolute atomic E-state index is 0.0410. The Morgan fingerprint density at radius 3 is 2.52 bits per heavy atom. The van der Waals surface area contributed by atoms with Crippen LogP contribution in [0.1, 0.15) is 33.6 Å². The van der Waals surface area contributed by atoms with Crippen molar-refractivity contribution in [2.75, 3.05) is 6.54 Å². The highest BCUT2D eigenvalue weighted by molar-refractivity contribution is 6.02. The molecule has 2 aromatic carbocycles. The van der Waals surface area contributed by atoms with Gasteiger partial charge >= 0.3 is 0 Å². The zero-order valence-corrected chi connectivity index (χ0v) is 18.8. The van der Waals surface area contributed by atoms with Crippen LogP contribution in [-0.4, -0.2) is 26.8 Å². The molecule has 1 aliphatic rings. The second-order valence-electron chi connectivity index (χ2n) is 8.31. The van der Waals surface area contributed by atoms with Crippen LogP contribution in [0.3, 0.4) is 0 Å². The maximum atomic E-state index is 13.1. The van der Waals surface area contributed by atoms with Gasteiger partial charge in [0.2, 0.25) is 0 Å². The van der Waals surface area contributed by atoms with Crippen molar-refractivity contribution in [3.63, 3.8) is 0 Å². The number of nitro benzene ring substituents is 1. The summed E-state index contributed by atoms with van der Waals surface area (Å²) in [6.45, 7) is 6.75. The number of non-ortho nitro benzene ring substituents is 1. The second kappa shape index (κ2) is 8.75. The minimum atomic E-state index is -0.413. The molecule has 0 spiro atoms. The molecule has 0 N–H and O–H groups in total. The first-order valence-corrected chi connectivity index (χ1v) is 10.7. The van der Waals surface area contributed by atoms with E-state index in [9.17, 15) is 20.2 Å². The van der Waals surface area contributed by atoms with E-state index in [0.717, 1.165) is 40.2 Å². The van der Waals surface area contributed by atoms with Crippen molar-refractivity contribution in [2.45, 2.75) is 33.7 Å². The predicted octanol–water partition coefficient (Wildman–Crippen LogP) is 4.80.